The van der Waals surface area contributed by atoms with Crippen molar-refractivity contribution >= 4 is 16.0 Å². The molecule has 1 rings (SSSR count). The first-order chi connectivity index (χ1) is 6.93. The maximum absolute atomic E-state index is 11.6. The fourth-order valence-electron chi connectivity index (χ4n) is 1.23. The van der Waals surface area contributed by atoms with Crippen molar-refractivity contribution in [3.05, 3.63) is 0 Å². The SMILES string of the molecule is NC(CS(=O)(=O)N1CCOCC1)C(=O)O. The Morgan fingerprint density at radius 2 is 2.00 bits per heavy atom. The number of rotatable bonds is 4. The molecule has 8 heteroatoms. The Morgan fingerprint density at radius 3 is 2.47 bits per heavy atom. The predicted octanol–water partition coefficient (Wildman–Crippen LogP) is -1.94. The zero-order chi connectivity index (χ0) is 11.5. The van der Waals surface area contributed by atoms with Crippen LogP contribution in [0.2, 0.25) is 0 Å². The summed E-state index contributed by atoms with van der Waals surface area (Å²) in [6, 6.07) is -1.38. The molecule has 3 N–H and O–H groups in total. The summed E-state index contributed by atoms with van der Waals surface area (Å²) in [6.45, 7) is 1.19. The number of carboxylic acids is 1. The van der Waals surface area contributed by atoms with Gasteiger partial charge in [0.15, 0.2) is 0 Å². The van der Waals surface area contributed by atoms with E-state index < -0.39 is 27.8 Å². The molecule has 15 heavy (non-hydrogen) atoms. The molecule has 1 aliphatic heterocycles. The smallest absolute Gasteiger partial charge is 0.321 e. The van der Waals surface area contributed by atoms with Crippen molar-refractivity contribution in [2.24, 2.45) is 5.73 Å². The lowest BCUT2D eigenvalue weighted by Gasteiger charge is -2.26. The molecule has 0 spiro atoms. The van der Waals surface area contributed by atoms with Gasteiger partial charge in [-0.2, -0.15) is 4.31 Å². The largest absolute Gasteiger partial charge is 0.480 e. The van der Waals surface area contributed by atoms with Gasteiger partial charge in [-0.05, 0) is 0 Å². The minimum absolute atomic E-state index is 0.259. The Balaban J connectivity index is 2.61. The van der Waals surface area contributed by atoms with Crippen LogP contribution in [0.5, 0.6) is 0 Å². The number of aliphatic carboxylic acids is 1. The summed E-state index contributed by atoms with van der Waals surface area (Å²) >= 11 is 0. The van der Waals surface area contributed by atoms with Crippen LogP contribution < -0.4 is 5.73 Å². The molecule has 7 nitrogen and oxygen atoms in total. The number of nitrogens with two attached hydrogens (primary N) is 1. The number of sulfonamides is 1. The molecule has 0 radical (unpaired) electrons. The Bertz CT molecular complexity index is 322. The van der Waals surface area contributed by atoms with Gasteiger partial charge in [-0.3, -0.25) is 4.79 Å². The fourth-order valence-corrected chi connectivity index (χ4v) is 2.74. The quantitative estimate of drug-likeness (QED) is 0.589. The van der Waals surface area contributed by atoms with E-state index in [2.05, 4.69) is 0 Å². The number of ether oxygens (including phenoxy) is 1. The Hall–Kier alpha value is -0.700. The molecule has 1 atom stereocenters. The lowest BCUT2D eigenvalue weighted by molar-refractivity contribution is -0.137. The van der Waals surface area contributed by atoms with E-state index in [1.54, 1.807) is 0 Å². The van der Waals surface area contributed by atoms with Crippen molar-refractivity contribution in [2.75, 3.05) is 32.1 Å². The van der Waals surface area contributed by atoms with Gasteiger partial charge in [0.1, 0.15) is 6.04 Å². The average molecular weight is 238 g/mol. The highest BCUT2D eigenvalue weighted by atomic mass is 32.2. The third-order valence-electron chi connectivity index (χ3n) is 2.07. The summed E-state index contributed by atoms with van der Waals surface area (Å²) in [5, 5.41) is 8.51. The van der Waals surface area contributed by atoms with Crippen LogP contribution in [0.25, 0.3) is 0 Å². The highest BCUT2D eigenvalue weighted by Crippen LogP contribution is 2.06. The highest BCUT2D eigenvalue weighted by molar-refractivity contribution is 7.89. The molecular weight excluding hydrogens is 224 g/mol. The second kappa shape index (κ2) is 4.88. The monoisotopic (exact) mass is 238 g/mol. The standard InChI is InChI=1S/C7H14N2O5S/c8-6(7(10)11)5-15(12,13)9-1-3-14-4-2-9/h6H,1-5,8H2,(H,10,11). The van der Waals surface area contributed by atoms with E-state index in [4.69, 9.17) is 15.6 Å². The van der Waals surface area contributed by atoms with Gasteiger partial charge in [0, 0.05) is 13.1 Å². The summed E-state index contributed by atoms with van der Waals surface area (Å²) in [4.78, 5) is 10.4. The van der Waals surface area contributed by atoms with Crippen LogP contribution in [0.1, 0.15) is 0 Å². The van der Waals surface area contributed by atoms with Crippen LogP contribution in [-0.4, -0.2) is 61.9 Å². The number of hydrogen-bond donors (Lipinski definition) is 2. The molecular formula is C7H14N2O5S. The van der Waals surface area contributed by atoms with E-state index in [0.717, 1.165) is 0 Å². The van der Waals surface area contributed by atoms with Crippen molar-refractivity contribution in [3.63, 3.8) is 0 Å². The van der Waals surface area contributed by atoms with E-state index in [-0.39, 0.29) is 13.1 Å². The van der Waals surface area contributed by atoms with Crippen molar-refractivity contribution in [2.45, 2.75) is 6.04 Å². The van der Waals surface area contributed by atoms with Crippen molar-refractivity contribution in [1.82, 2.24) is 4.31 Å². The minimum atomic E-state index is -3.58. The number of hydrogen-bond acceptors (Lipinski definition) is 5. The van der Waals surface area contributed by atoms with Gasteiger partial charge < -0.3 is 15.6 Å². The molecule has 0 saturated carbocycles. The van der Waals surface area contributed by atoms with Gasteiger partial charge in [0.2, 0.25) is 10.0 Å². The van der Waals surface area contributed by atoms with Gasteiger partial charge in [-0.25, -0.2) is 8.42 Å². The van der Waals surface area contributed by atoms with Crippen molar-refractivity contribution < 1.29 is 23.1 Å². The molecule has 0 aromatic rings. The van der Waals surface area contributed by atoms with E-state index in [1.165, 1.54) is 4.31 Å². The summed E-state index contributed by atoms with van der Waals surface area (Å²) in [5.41, 5.74) is 5.17. The lowest BCUT2D eigenvalue weighted by Crippen LogP contribution is -2.47. The predicted molar refractivity (Wildman–Crippen MR) is 51.8 cm³/mol. The number of morpholine rings is 1. The number of carbonyl (C=O) groups is 1. The molecule has 0 aromatic carbocycles. The summed E-state index contributed by atoms with van der Waals surface area (Å²) in [5.74, 6) is -1.88. The van der Waals surface area contributed by atoms with Gasteiger partial charge >= 0.3 is 5.97 Å². The molecule has 1 aliphatic rings. The average Bonchev–Trinajstić information content (AvgIpc) is 2.18. The third kappa shape index (κ3) is 3.42. The summed E-state index contributed by atoms with van der Waals surface area (Å²) < 4.78 is 29.5. The highest BCUT2D eigenvalue weighted by Gasteiger charge is 2.28. The van der Waals surface area contributed by atoms with Crippen molar-refractivity contribution in [3.8, 4) is 0 Å². The Labute approximate surface area is 87.9 Å². The number of carboxylic acid groups (broad SMARTS) is 1. The fraction of sp³-hybridized carbons (Fsp3) is 0.857. The van der Waals surface area contributed by atoms with Crippen LogP contribution in [-0.2, 0) is 19.6 Å². The molecule has 0 aliphatic carbocycles. The summed E-state index contributed by atoms with van der Waals surface area (Å²) in [7, 11) is -3.58. The molecule has 0 bridgehead atoms. The second-order valence-corrected chi connectivity index (χ2v) is 5.25. The van der Waals surface area contributed by atoms with E-state index in [0.29, 0.717) is 13.2 Å². The van der Waals surface area contributed by atoms with E-state index >= 15 is 0 Å². The van der Waals surface area contributed by atoms with Crippen LogP contribution in [0.4, 0.5) is 0 Å². The first-order valence-corrected chi connectivity index (χ1v) is 6.08. The van der Waals surface area contributed by atoms with Gasteiger partial charge in [0.05, 0.1) is 19.0 Å². The normalized spacial score (nSPS) is 21.1. The third-order valence-corrected chi connectivity index (χ3v) is 4.00. The zero-order valence-corrected chi connectivity index (χ0v) is 8.94. The topological polar surface area (TPSA) is 110 Å². The maximum Gasteiger partial charge on any atom is 0.321 e. The van der Waals surface area contributed by atoms with Crippen LogP contribution in [0, 0.1) is 0 Å². The molecule has 1 heterocycles. The Morgan fingerprint density at radius 1 is 1.47 bits per heavy atom. The maximum atomic E-state index is 11.6. The second-order valence-electron chi connectivity index (χ2n) is 3.23. The number of nitrogens with zero attached hydrogens (tertiary/aromatic N) is 1. The molecule has 1 unspecified atom stereocenters. The van der Waals surface area contributed by atoms with Crippen molar-refractivity contribution in [1.29, 1.82) is 0 Å². The van der Waals surface area contributed by atoms with Crippen LogP contribution in [0.3, 0.4) is 0 Å². The molecule has 88 valence electrons. The van der Waals surface area contributed by atoms with Crippen LogP contribution >= 0.6 is 0 Å². The first-order valence-electron chi connectivity index (χ1n) is 4.47. The summed E-state index contributed by atoms with van der Waals surface area (Å²) in [6.07, 6.45) is 0. The molecule has 0 aromatic heterocycles. The first kappa shape index (κ1) is 12.4. The van der Waals surface area contributed by atoms with E-state index in [9.17, 15) is 13.2 Å². The Kier molecular flexibility index (Phi) is 4.03. The lowest BCUT2D eigenvalue weighted by atomic mass is 10.4. The molecule has 1 fully saturated rings. The molecule has 1 saturated heterocycles. The van der Waals surface area contributed by atoms with Gasteiger partial charge in [0.25, 0.3) is 0 Å². The van der Waals surface area contributed by atoms with Gasteiger partial charge in [-0.15, -0.1) is 0 Å². The minimum Gasteiger partial charge on any atom is -0.480 e. The molecule has 0 amide bonds. The van der Waals surface area contributed by atoms with Gasteiger partial charge in [-0.1, -0.05) is 0 Å². The van der Waals surface area contributed by atoms with E-state index in [1.807, 2.05) is 0 Å². The van der Waals surface area contributed by atoms with Crippen LogP contribution in [0.15, 0.2) is 0 Å². The zero-order valence-electron chi connectivity index (χ0n) is 8.13.